The van der Waals surface area contributed by atoms with E-state index in [1.54, 1.807) is 0 Å². The highest BCUT2D eigenvalue weighted by atomic mass is 35.5. The molecule has 0 radical (unpaired) electrons. The molecule has 5 heteroatoms. The number of fused-ring (bicyclic) bond motifs is 1. The minimum absolute atomic E-state index is 0.306. The molecule has 0 bridgehead atoms. The van der Waals surface area contributed by atoms with Crippen LogP contribution in [0.2, 0.25) is 5.02 Å². The number of piperidine rings is 1. The first kappa shape index (κ1) is 19.8. The van der Waals surface area contributed by atoms with Crippen LogP contribution in [0.4, 0.5) is 11.8 Å². The molecular weight excluding hydrogens is 404 g/mol. The number of aromatic nitrogens is 2. The molecule has 1 fully saturated rings. The summed E-state index contributed by atoms with van der Waals surface area (Å²) in [4.78, 5) is 12.3. The summed E-state index contributed by atoms with van der Waals surface area (Å²) in [6.45, 7) is 1.65. The molecule has 1 aliphatic heterocycles. The van der Waals surface area contributed by atoms with Gasteiger partial charge in [-0.2, -0.15) is 4.98 Å². The van der Waals surface area contributed by atoms with E-state index in [4.69, 9.17) is 21.6 Å². The molecule has 1 saturated heterocycles. The average Bonchev–Trinajstić information content (AvgIpc) is 2.84. The van der Waals surface area contributed by atoms with Gasteiger partial charge in [0.2, 0.25) is 5.95 Å². The number of hydrogen-bond donors (Lipinski definition) is 1. The van der Waals surface area contributed by atoms with Crippen molar-refractivity contribution >= 4 is 34.3 Å². The first-order valence-electron chi connectivity index (χ1n) is 10.8. The minimum atomic E-state index is 0.306. The number of hydrogen-bond acceptors (Lipinski definition) is 4. The van der Waals surface area contributed by atoms with E-state index in [1.807, 2.05) is 36.4 Å². The zero-order chi connectivity index (χ0) is 21.0. The van der Waals surface area contributed by atoms with Crippen molar-refractivity contribution in [1.29, 1.82) is 0 Å². The third kappa shape index (κ3) is 4.35. The summed E-state index contributed by atoms with van der Waals surface area (Å²) in [5, 5.41) is 5.32. The fraction of sp³-hybridized carbons (Fsp3) is 0.231. The molecule has 0 aliphatic carbocycles. The Morgan fingerprint density at radius 3 is 2.48 bits per heavy atom. The first-order valence-corrected chi connectivity index (χ1v) is 11.2. The molecule has 4 nitrogen and oxygen atoms in total. The van der Waals surface area contributed by atoms with Gasteiger partial charge in [-0.1, -0.05) is 66.2 Å². The van der Waals surface area contributed by atoms with Crippen molar-refractivity contribution in [2.24, 2.45) is 0 Å². The standard InChI is InChI=1S/C26H25ClN4/c27-21-15-13-19(14-16-21)18-28-25-22-10-4-5-11-23(22)29-26(30-25)31-17-7-6-12-24(31)20-8-2-1-3-9-20/h1-5,8-11,13-16,24H,6-7,12,17-18H2,(H,28,29,30). The van der Waals surface area contributed by atoms with Crippen LogP contribution in [0.5, 0.6) is 0 Å². The Bertz CT molecular complexity index is 1160. The molecule has 1 aromatic heterocycles. The van der Waals surface area contributed by atoms with E-state index in [-0.39, 0.29) is 0 Å². The van der Waals surface area contributed by atoms with Gasteiger partial charge in [-0.15, -0.1) is 0 Å². The van der Waals surface area contributed by atoms with Crippen LogP contribution in [0, 0.1) is 0 Å². The Balaban J connectivity index is 1.50. The van der Waals surface area contributed by atoms with Gasteiger partial charge in [0.15, 0.2) is 0 Å². The summed E-state index contributed by atoms with van der Waals surface area (Å²) >= 11 is 6.03. The lowest BCUT2D eigenvalue weighted by Crippen LogP contribution is -2.34. The summed E-state index contributed by atoms with van der Waals surface area (Å²) in [6, 6.07) is 27.1. The van der Waals surface area contributed by atoms with Crippen LogP contribution in [0.1, 0.15) is 36.4 Å². The van der Waals surface area contributed by atoms with E-state index in [9.17, 15) is 0 Å². The van der Waals surface area contributed by atoms with Crippen molar-refractivity contribution in [1.82, 2.24) is 9.97 Å². The highest BCUT2D eigenvalue weighted by molar-refractivity contribution is 6.30. The van der Waals surface area contributed by atoms with Gasteiger partial charge >= 0.3 is 0 Å². The third-order valence-electron chi connectivity index (χ3n) is 5.91. The summed E-state index contributed by atoms with van der Waals surface area (Å²) in [7, 11) is 0. The number of anilines is 2. The molecule has 31 heavy (non-hydrogen) atoms. The van der Waals surface area contributed by atoms with Crippen molar-refractivity contribution in [3.63, 3.8) is 0 Å². The molecule has 5 rings (SSSR count). The smallest absolute Gasteiger partial charge is 0.228 e. The molecule has 1 aliphatic rings. The maximum atomic E-state index is 6.03. The normalized spacial score (nSPS) is 16.4. The second-order valence-corrected chi connectivity index (χ2v) is 8.42. The van der Waals surface area contributed by atoms with Crippen LogP contribution in [0.25, 0.3) is 10.9 Å². The van der Waals surface area contributed by atoms with Gasteiger partial charge in [-0.25, -0.2) is 4.98 Å². The maximum Gasteiger partial charge on any atom is 0.228 e. The molecule has 1 N–H and O–H groups in total. The quantitative estimate of drug-likeness (QED) is 0.387. The van der Waals surface area contributed by atoms with Gasteiger partial charge in [-0.3, -0.25) is 0 Å². The molecule has 0 amide bonds. The molecule has 1 unspecified atom stereocenters. The van der Waals surface area contributed by atoms with Crippen LogP contribution in [-0.4, -0.2) is 16.5 Å². The van der Waals surface area contributed by atoms with Crippen molar-refractivity contribution in [3.8, 4) is 0 Å². The maximum absolute atomic E-state index is 6.03. The number of para-hydroxylation sites is 1. The monoisotopic (exact) mass is 428 g/mol. The Hall–Kier alpha value is -3.11. The molecule has 2 heterocycles. The van der Waals surface area contributed by atoms with Gasteiger partial charge in [0.05, 0.1) is 11.6 Å². The number of nitrogens with one attached hydrogen (secondary N) is 1. The molecule has 4 aromatic rings. The largest absolute Gasteiger partial charge is 0.365 e. The summed E-state index contributed by atoms with van der Waals surface area (Å²) in [5.74, 6) is 1.67. The topological polar surface area (TPSA) is 41.1 Å². The lowest BCUT2D eigenvalue weighted by molar-refractivity contribution is 0.466. The first-order chi connectivity index (χ1) is 15.3. The van der Waals surface area contributed by atoms with E-state index in [2.05, 4.69) is 52.7 Å². The van der Waals surface area contributed by atoms with Crippen LogP contribution >= 0.6 is 11.6 Å². The van der Waals surface area contributed by atoms with E-state index in [0.29, 0.717) is 12.6 Å². The summed E-state index contributed by atoms with van der Waals surface area (Å²) in [5.41, 5.74) is 3.45. The van der Waals surface area contributed by atoms with Crippen molar-refractivity contribution < 1.29 is 0 Å². The van der Waals surface area contributed by atoms with Crippen LogP contribution in [0.3, 0.4) is 0 Å². The number of rotatable bonds is 5. The van der Waals surface area contributed by atoms with Crippen LogP contribution in [0.15, 0.2) is 78.9 Å². The van der Waals surface area contributed by atoms with E-state index in [0.717, 1.165) is 52.6 Å². The lowest BCUT2D eigenvalue weighted by Gasteiger charge is -2.36. The van der Waals surface area contributed by atoms with Gasteiger partial charge in [0.1, 0.15) is 5.82 Å². The number of benzene rings is 3. The predicted molar refractivity (Wildman–Crippen MR) is 129 cm³/mol. The minimum Gasteiger partial charge on any atom is -0.365 e. The average molecular weight is 429 g/mol. The fourth-order valence-electron chi connectivity index (χ4n) is 4.31. The van der Waals surface area contributed by atoms with E-state index < -0.39 is 0 Å². The molecule has 0 saturated carbocycles. The van der Waals surface area contributed by atoms with Gasteiger partial charge in [0.25, 0.3) is 0 Å². The molecule has 3 aromatic carbocycles. The van der Waals surface area contributed by atoms with Crippen LogP contribution < -0.4 is 10.2 Å². The third-order valence-corrected chi connectivity index (χ3v) is 6.16. The Labute approximate surface area is 187 Å². The molecule has 156 valence electrons. The Morgan fingerprint density at radius 2 is 1.65 bits per heavy atom. The second kappa shape index (κ2) is 8.94. The number of halogens is 1. The van der Waals surface area contributed by atoms with Gasteiger partial charge in [0, 0.05) is 23.5 Å². The molecule has 0 spiro atoms. The van der Waals surface area contributed by atoms with Gasteiger partial charge < -0.3 is 10.2 Å². The second-order valence-electron chi connectivity index (χ2n) is 7.99. The Kier molecular flexibility index (Phi) is 5.72. The van der Waals surface area contributed by atoms with Crippen molar-refractivity contribution in [2.45, 2.75) is 31.8 Å². The van der Waals surface area contributed by atoms with E-state index in [1.165, 1.54) is 12.0 Å². The van der Waals surface area contributed by atoms with E-state index >= 15 is 0 Å². The fourth-order valence-corrected chi connectivity index (χ4v) is 4.43. The van der Waals surface area contributed by atoms with Crippen molar-refractivity contribution in [3.05, 3.63) is 95.0 Å². The number of nitrogens with zero attached hydrogens (tertiary/aromatic N) is 3. The lowest BCUT2D eigenvalue weighted by atomic mass is 9.95. The highest BCUT2D eigenvalue weighted by Gasteiger charge is 2.26. The highest BCUT2D eigenvalue weighted by Crippen LogP contribution is 2.35. The van der Waals surface area contributed by atoms with Crippen LogP contribution in [-0.2, 0) is 6.54 Å². The van der Waals surface area contributed by atoms with Gasteiger partial charge in [-0.05, 0) is 54.7 Å². The SMILES string of the molecule is Clc1ccc(CNc2nc(N3CCCCC3c3ccccc3)nc3ccccc23)cc1. The predicted octanol–water partition coefficient (Wildman–Crippen LogP) is 6.63. The zero-order valence-electron chi connectivity index (χ0n) is 17.3. The molecule has 1 atom stereocenters. The molecular formula is C26H25ClN4. The Morgan fingerprint density at radius 1 is 0.871 bits per heavy atom. The summed E-state index contributed by atoms with van der Waals surface area (Å²) in [6.07, 6.45) is 3.51. The summed E-state index contributed by atoms with van der Waals surface area (Å²) < 4.78 is 0. The van der Waals surface area contributed by atoms with Crippen molar-refractivity contribution in [2.75, 3.05) is 16.8 Å². The zero-order valence-corrected chi connectivity index (χ0v) is 18.1.